The average molecular weight is 404 g/mol. The van der Waals surface area contributed by atoms with Crippen LogP contribution in [0, 0.1) is 5.82 Å². The summed E-state index contributed by atoms with van der Waals surface area (Å²) in [7, 11) is 0. The van der Waals surface area contributed by atoms with Gasteiger partial charge in [0.05, 0.1) is 22.5 Å². The van der Waals surface area contributed by atoms with Crippen molar-refractivity contribution >= 4 is 27.1 Å². The molecule has 0 saturated heterocycles. The number of halogens is 1. The van der Waals surface area contributed by atoms with Crippen molar-refractivity contribution in [1.82, 2.24) is 9.61 Å². The summed E-state index contributed by atoms with van der Waals surface area (Å²) in [6.45, 7) is 0. The van der Waals surface area contributed by atoms with Gasteiger partial charge in [-0.3, -0.25) is 0 Å². The van der Waals surface area contributed by atoms with Gasteiger partial charge in [0.15, 0.2) is 0 Å². The van der Waals surface area contributed by atoms with E-state index in [0.29, 0.717) is 11.3 Å². The smallest absolute Gasteiger partial charge is 0.125 e. The van der Waals surface area contributed by atoms with Crippen LogP contribution in [0.5, 0.6) is 5.75 Å². The maximum atomic E-state index is 13.5. The number of phenolic OH excluding ortho intramolecular Hbond substituents is 1. The lowest BCUT2D eigenvalue weighted by atomic mass is 10.0. The summed E-state index contributed by atoms with van der Waals surface area (Å²) >= 11 is 0. The first-order chi connectivity index (χ1) is 15.2. The summed E-state index contributed by atoms with van der Waals surface area (Å²) in [5.74, 6) is -0.0858. The van der Waals surface area contributed by atoms with Crippen LogP contribution in [-0.2, 0) is 0 Å². The number of hydrogen-bond donors (Lipinski definition) is 1. The normalized spacial score (nSPS) is 11.5. The van der Waals surface area contributed by atoms with E-state index in [2.05, 4.69) is 18.2 Å². The average Bonchev–Trinajstić information content (AvgIpc) is 3.24. The number of nitrogens with zero attached hydrogens (tertiary/aromatic N) is 2. The highest BCUT2D eigenvalue weighted by atomic mass is 19.1. The number of fused-ring (bicyclic) bond motifs is 4. The van der Waals surface area contributed by atoms with Gasteiger partial charge in [0.2, 0.25) is 0 Å². The van der Waals surface area contributed by atoms with Crippen LogP contribution in [0.4, 0.5) is 4.39 Å². The highest BCUT2D eigenvalue weighted by Crippen LogP contribution is 2.38. The Morgan fingerprint density at radius 2 is 1.42 bits per heavy atom. The van der Waals surface area contributed by atoms with Gasteiger partial charge in [0.1, 0.15) is 11.6 Å². The molecule has 0 unspecified atom stereocenters. The van der Waals surface area contributed by atoms with E-state index in [-0.39, 0.29) is 11.6 Å². The molecule has 2 heterocycles. The minimum Gasteiger partial charge on any atom is -0.507 e. The number of aromatic hydroxyl groups is 1. The highest BCUT2D eigenvalue weighted by Gasteiger charge is 2.17. The van der Waals surface area contributed by atoms with Crippen molar-refractivity contribution in [3.05, 3.63) is 103 Å². The van der Waals surface area contributed by atoms with Gasteiger partial charge >= 0.3 is 0 Å². The van der Waals surface area contributed by atoms with E-state index in [1.807, 2.05) is 53.0 Å². The Hall–Kier alpha value is -4.18. The summed E-state index contributed by atoms with van der Waals surface area (Å²) in [6.07, 6.45) is 0. The fourth-order valence-corrected chi connectivity index (χ4v) is 4.30. The fraction of sp³-hybridized carbons (Fsp3) is 0. The molecule has 0 aliphatic carbocycles. The molecule has 0 fully saturated rings. The molecule has 4 aromatic carbocycles. The maximum Gasteiger partial charge on any atom is 0.125 e. The molecule has 0 spiro atoms. The number of hydrogen-bond acceptors (Lipinski definition) is 2. The highest BCUT2D eigenvalue weighted by molar-refractivity contribution is 6.03. The molecule has 0 aliphatic rings. The molecule has 1 N–H and O–H groups in total. The molecule has 0 bridgehead atoms. The number of phenols is 1. The summed E-state index contributed by atoms with van der Waals surface area (Å²) in [6, 6.07) is 30.2. The van der Waals surface area contributed by atoms with E-state index >= 15 is 0 Å². The van der Waals surface area contributed by atoms with Crippen LogP contribution in [0.3, 0.4) is 0 Å². The van der Waals surface area contributed by atoms with Crippen LogP contribution >= 0.6 is 0 Å². The lowest BCUT2D eigenvalue weighted by Crippen LogP contribution is -1.95. The van der Waals surface area contributed by atoms with Gasteiger partial charge in [0.25, 0.3) is 0 Å². The lowest BCUT2D eigenvalue weighted by molar-refractivity contribution is 0.478. The van der Waals surface area contributed by atoms with E-state index in [0.717, 1.165) is 38.3 Å². The molecule has 0 amide bonds. The van der Waals surface area contributed by atoms with Gasteiger partial charge in [-0.15, -0.1) is 0 Å². The van der Waals surface area contributed by atoms with Crippen LogP contribution in [0.2, 0.25) is 0 Å². The largest absolute Gasteiger partial charge is 0.507 e. The molecule has 3 nitrogen and oxygen atoms in total. The third kappa shape index (κ3) is 2.76. The summed E-state index contributed by atoms with van der Waals surface area (Å²) < 4.78 is 15.4. The Morgan fingerprint density at radius 1 is 0.710 bits per heavy atom. The SMILES string of the molecule is Oc1ccc2ccccc2c1-c1cc2c3ccccc3cc(-c3ccc(F)cc3)n2n1. The van der Waals surface area contributed by atoms with E-state index in [1.54, 1.807) is 18.2 Å². The second-order valence-electron chi connectivity index (χ2n) is 7.63. The molecule has 6 rings (SSSR count). The van der Waals surface area contributed by atoms with Crippen molar-refractivity contribution in [1.29, 1.82) is 0 Å². The number of pyridine rings is 1. The van der Waals surface area contributed by atoms with Crippen molar-refractivity contribution in [2.75, 3.05) is 0 Å². The summed E-state index contributed by atoms with van der Waals surface area (Å²) in [5.41, 5.74) is 4.05. The van der Waals surface area contributed by atoms with E-state index in [1.165, 1.54) is 12.1 Å². The van der Waals surface area contributed by atoms with Gasteiger partial charge in [-0.2, -0.15) is 5.10 Å². The number of rotatable bonds is 2. The molecule has 0 radical (unpaired) electrons. The Balaban J connectivity index is 1.71. The molecular weight excluding hydrogens is 387 g/mol. The zero-order valence-electron chi connectivity index (χ0n) is 16.5. The first-order valence-corrected chi connectivity index (χ1v) is 10.1. The molecule has 31 heavy (non-hydrogen) atoms. The standard InChI is InChI=1S/C27H17FN2O/c28-20-12-9-18(10-13-20)24-15-19-6-2-3-7-21(19)25-16-23(29-30(24)25)27-22-8-4-1-5-17(22)11-14-26(27)31/h1-16,31H. The minimum absolute atomic E-state index is 0.190. The van der Waals surface area contributed by atoms with E-state index < -0.39 is 0 Å². The second-order valence-corrected chi connectivity index (χ2v) is 7.63. The predicted octanol–water partition coefficient (Wildman–Crippen LogP) is 6.82. The molecule has 2 aromatic heterocycles. The van der Waals surface area contributed by atoms with Crippen LogP contribution in [0.1, 0.15) is 0 Å². The van der Waals surface area contributed by atoms with Crippen LogP contribution < -0.4 is 0 Å². The molecular formula is C27H17FN2O. The van der Waals surface area contributed by atoms with Gasteiger partial charge in [0, 0.05) is 10.9 Å². The van der Waals surface area contributed by atoms with Crippen molar-refractivity contribution < 1.29 is 9.50 Å². The van der Waals surface area contributed by atoms with Crippen molar-refractivity contribution in [3.63, 3.8) is 0 Å². The molecule has 0 atom stereocenters. The Kier molecular flexibility index (Phi) is 3.80. The molecule has 0 saturated carbocycles. The van der Waals surface area contributed by atoms with Gasteiger partial charge in [-0.1, -0.05) is 54.6 Å². The van der Waals surface area contributed by atoms with E-state index in [4.69, 9.17) is 5.10 Å². The summed E-state index contributed by atoms with van der Waals surface area (Å²) in [4.78, 5) is 0. The second kappa shape index (κ2) is 6.67. The number of aromatic nitrogens is 2. The fourth-order valence-electron chi connectivity index (χ4n) is 4.30. The third-order valence-corrected chi connectivity index (χ3v) is 5.77. The monoisotopic (exact) mass is 404 g/mol. The first-order valence-electron chi connectivity index (χ1n) is 10.1. The lowest BCUT2D eigenvalue weighted by Gasteiger charge is -2.09. The van der Waals surface area contributed by atoms with Crippen LogP contribution in [0.25, 0.3) is 49.6 Å². The third-order valence-electron chi connectivity index (χ3n) is 5.77. The summed E-state index contributed by atoms with van der Waals surface area (Å²) in [5, 5.41) is 19.7. The molecule has 148 valence electrons. The molecule has 6 aromatic rings. The zero-order chi connectivity index (χ0) is 20.9. The van der Waals surface area contributed by atoms with Crippen LogP contribution in [0.15, 0.2) is 97.1 Å². The first kappa shape index (κ1) is 17.7. The van der Waals surface area contributed by atoms with Gasteiger partial charge in [-0.05, 0) is 58.6 Å². The Bertz CT molecular complexity index is 1600. The zero-order valence-corrected chi connectivity index (χ0v) is 16.5. The molecule has 4 heteroatoms. The van der Waals surface area contributed by atoms with Crippen LogP contribution in [-0.4, -0.2) is 14.7 Å². The van der Waals surface area contributed by atoms with Gasteiger partial charge in [-0.25, -0.2) is 8.91 Å². The van der Waals surface area contributed by atoms with Crippen molar-refractivity contribution in [3.8, 4) is 28.3 Å². The topological polar surface area (TPSA) is 37.5 Å². The van der Waals surface area contributed by atoms with Gasteiger partial charge < -0.3 is 5.11 Å². The Labute approximate surface area is 177 Å². The maximum absolute atomic E-state index is 13.5. The van der Waals surface area contributed by atoms with E-state index in [9.17, 15) is 9.50 Å². The van der Waals surface area contributed by atoms with Crippen molar-refractivity contribution in [2.24, 2.45) is 0 Å². The molecule has 0 aliphatic heterocycles. The minimum atomic E-state index is -0.275. The van der Waals surface area contributed by atoms with Crippen molar-refractivity contribution in [2.45, 2.75) is 0 Å². The Morgan fingerprint density at radius 3 is 2.23 bits per heavy atom. The predicted molar refractivity (Wildman–Crippen MR) is 123 cm³/mol. The number of benzene rings is 4. The quantitative estimate of drug-likeness (QED) is 0.344.